The molecule has 0 bridgehead atoms. The first-order chi connectivity index (χ1) is 14.5. The molecule has 0 saturated carbocycles. The lowest BCUT2D eigenvalue weighted by Gasteiger charge is -2.18. The minimum atomic E-state index is -0.282. The van der Waals surface area contributed by atoms with Crippen LogP contribution in [0.1, 0.15) is 18.1 Å². The van der Waals surface area contributed by atoms with Gasteiger partial charge in [-0.2, -0.15) is 0 Å². The Labute approximate surface area is 176 Å². The van der Waals surface area contributed by atoms with Crippen LogP contribution in [0.15, 0.2) is 84.9 Å². The summed E-state index contributed by atoms with van der Waals surface area (Å²) in [5.74, 6) is 0.337. The average Bonchev–Trinajstić information content (AvgIpc) is 2.77. The Balaban J connectivity index is 1.64. The Hall–Kier alpha value is -3.86. The number of hydrogen-bond donors (Lipinski definition) is 1. The van der Waals surface area contributed by atoms with Crippen LogP contribution in [-0.2, 0) is 16.2 Å². The Morgan fingerprint density at radius 3 is 2.47 bits per heavy atom. The van der Waals surface area contributed by atoms with E-state index < -0.39 is 0 Å². The van der Waals surface area contributed by atoms with E-state index in [-0.39, 0.29) is 11.8 Å². The Morgan fingerprint density at radius 1 is 0.967 bits per heavy atom. The second-order valence-electron chi connectivity index (χ2n) is 6.76. The van der Waals surface area contributed by atoms with Gasteiger partial charge in [-0.1, -0.05) is 54.6 Å². The molecule has 152 valence electrons. The van der Waals surface area contributed by atoms with Crippen LogP contribution in [-0.4, -0.2) is 18.9 Å². The fraction of sp³-hybridized carbons (Fsp3) is 0.120. The van der Waals surface area contributed by atoms with Gasteiger partial charge in [0.15, 0.2) is 0 Å². The number of benzene rings is 3. The van der Waals surface area contributed by atoms with Gasteiger partial charge in [0.05, 0.1) is 11.4 Å². The van der Waals surface area contributed by atoms with Crippen molar-refractivity contribution in [1.29, 1.82) is 0 Å². The van der Waals surface area contributed by atoms with Gasteiger partial charge in [0, 0.05) is 20.0 Å². The summed E-state index contributed by atoms with van der Waals surface area (Å²) in [6.45, 7) is 1.96. The largest absolute Gasteiger partial charge is 0.489 e. The molecule has 0 saturated heterocycles. The number of nitrogens with one attached hydrogen (secondary N) is 1. The third kappa shape index (κ3) is 5.82. The molecule has 0 unspecified atom stereocenters. The van der Waals surface area contributed by atoms with E-state index in [0.717, 1.165) is 16.9 Å². The molecule has 3 aromatic carbocycles. The molecule has 5 heteroatoms. The SMILES string of the molecule is CC(=O)N(C)c1ccccc1NC(=O)/C=C/c1cccc(OCc2ccccc2)c1. The number of amides is 2. The van der Waals surface area contributed by atoms with Crippen molar-refractivity contribution in [3.05, 3.63) is 96.1 Å². The lowest BCUT2D eigenvalue weighted by Crippen LogP contribution is -2.24. The lowest BCUT2D eigenvalue weighted by atomic mass is 10.2. The Morgan fingerprint density at radius 2 is 1.70 bits per heavy atom. The monoisotopic (exact) mass is 400 g/mol. The van der Waals surface area contributed by atoms with Gasteiger partial charge < -0.3 is 15.0 Å². The van der Waals surface area contributed by atoms with Crippen LogP contribution in [0.4, 0.5) is 11.4 Å². The van der Waals surface area contributed by atoms with E-state index in [1.807, 2.05) is 66.7 Å². The highest BCUT2D eigenvalue weighted by Gasteiger charge is 2.11. The van der Waals surface area contributed by atoms with Crippen LogP contribution < -0.4 is 15.0 Å². The molecule has 0 spiro atoms. The summed E-state index contributed by atoms with van der Waals surface area (Å²) < 4.78 is 5.83. The number of para-hydroxylation sites is 2. The fourth-order valence-electron chi connectivity index (χ4n) is 2.84. The maximum absolute atomic E-state index is 12.4. The van der Waals surface area contributed by atoms with Crippen molar-refractivity contribution in [3.8, 4) is 5.75 Å². The van der Waals surface area contributed by atoms with E-state index in [9.17, 15) is 9.59 Å². The molecule has 5 nitrogen and oxygen atoms in total. The fourth-order valence-corrected chi connectivity index (χ4v) is 2.84. The van der Waals surface area contributed by atoms with Crippen LogP contribution in [0.2, 0.25) is 0 Å². The van der Waals surface area contributed by atoms with Crippen molar-refractivity contribution in [3.63, 3.8) is 0 Å². The summed E-state index contributed by atoms with van der Waals surface area (Å²) in [7, 11) is 1.67. The number of carbonyl (C=O) groups is 2. The van der Waals surface area contributed by atoms with Crippen molar-refractivity contribution in [2.24, 2.45) is 0 Å². The molecular weight excluding hydrogens is 376 g/mol. The van der Waals surface area contributed by atoms with Gasteiger partial charge in [-0.15, -0.1) is 0 Å². The summed E-state index contributed by atoms with van der Waals surface area (Å²) in [4.78, 5) is 25.5. The van der Waals surface area contributed by atoms with Gasteiger partial charge in [0.2, 0.25) is 11.8 Å². The van der Waals surface area contributed by atoms with E-state index >= 15 is 0 Å². The van der Waals surface area contributed by atoms with Gasteiger partial charge in [-0.05, 0) is 41.5 Å². The van der Waals surface area contributed by atoms with E-state index in [4.69, 9.17) is 4.74 Å². The first kappa shape index (κ1) is 20.9. The third-order valence-corrected chi connectivity index (χ3v) is 4.53. The molecule has 3 rings (SSSR count). The van der Waals surface area contributed by atoms with E-state index in [1.54, 1.807) is 25.3 Å². The first-order valence-electron chi connectivity index (χ1n) is 9.62. The minimum Gasteiger partial charge on any atom is -0.489 e. The summed E-state index contributed by atoms with van der Waals surface area (Å²) in [6, 6.07) is 24.7. The van der Waals surface area contributed by atoms with Crippen LogP contribution in [0.25, 0.3) is 6.08 Å². The van der Waals surface area contributed by atoms with Crippen LogP contribution >= 0.6 is 0 Å². The molecule has 0 fully saturated rings. The van der Waals surface area contributed by atoms with Crippen molar-refractivity contribution < 1.29 is 14.3 Å². The number of hydrogen-bond acceptors (Lipinski definition) is 3. The highest BCUT2D eigenvalue weighted by molar-refractivity contribution is 6.05. The molecule has 3 aromatic rings. The predicted molar refractivity (Wildman–Crippen MR) is 120 cm³/mol. The van der Waals surface area contributed by atoms with Gasteiger partial charge in [-0.25, -0.2) is 0 Å². The molecule has 0 radical (unpaired) electrons. The normalized spacial score (nSPS) is 10.6. The number of ether oxygens (including phenoxy) is 1. The zero-order valence-electron chi connectivity index (χ0n) is 17.0. The number of carbonyl (C=O) groups excluding carboxylic acids is 2. The van der Waals surface area contributed by atoms with Crippen molar-refractivity contribution in [2.75, 3.05) is 17.3 Å². The summed E-state index contributed by atoms with van der Waals surface area (Å²) >= 11 is 0. The summed E-state index contributed by atoms with van der Waals surface area (Å²) in [6.07, 6.45) is 3.18. The maximum Gasteiger partial charge on any atom is 0.248 e. The zero-order valence-corrected chi connectivity index (χ0v) is 17.0. The van der Waals surface area contributed by atoms with E-state index in [1.165, 1.54) is 17.9 Å². The topological polar surface area (TPSA) is 58.6 Å². The molecule has 0 heterocycles. The Bertz CT molecular complexity index is 1050. The molecular formula is C25H24N2O3. The quantitative estimate of drug-likeness (QED) is 0.574. The van der Waals surface area contributed by atoms with Crippen molar-refractivity contribution in [1.82, 2.24) is 0 Å². The summed E-state index contributed by atoms with van der Waals surface area (Å²) in [5, 5.41) is 2.83. The molecule has 30 heavy (non-hydrogen) atoms. The van der Waals surface area contributed by atoms with E-state index in [0.29, 0.717) is 18.0 Å². The van der Waals surface area contributed by atoms with E-state index in [2.05, 4.69) is 5.32 Å². The molecule has 0 aromatic heterocycles. The highest BCUT2D eigenvalue weighted by atomic mass is 16.5. The van der Waals surface area contributed by atoms with Gasteiger partial charge in [0.1, 0.15) is 12.4 Å². The van der Waals surface area contributed by atoms with Crippen molar-refractivity contribution in [2.45, 2.75) is 13.5 Å². The molecule has 1 N–H and O–H groups in total. The van der Waals surface area contributed by atoms with Crippen LogP contribution in [0.5, 0.6) is 5.75 Å². The maximum atomic E-state index is 12.4. The van der Waals surface area contributed by atoms with Gasteiger partial charge in [-0.3, -0.25) is 9.59 Å². The minimum absolute atomic E-state index is 0.112. The molecule has 0 aliphatic heterocycles. The van der Waals surface area contributed by atoms with Crippen LogP contribution in [0.3, 0.4) is 0 Å². The number of nitrogens with zero attached hydrogens (tertiary/aromatic N) is 1. The predicted octanol–water partition coefficient (Wildman–Crippen LogP) is 4.90. The highest BCUT2D eigenvalue weighted by Crippen LogP contribution is 2.24. The number of rotatable bonds is 7. The molecule has 2 amide bonds. The first-order valence-corrected chi connectivity index (χ1v) is 9.62. The zero-order chi connectivity index (χ0) is 21.3. The summed E-state index contributed by atoms with van der Waals surface area (Å²) in [5.41, 5.74) is 3.16. The van der Waals surface area contributed by atoms with Gasteiger partial charge >= 0.3 is 0 Å². The van der Waals surface area contributed by atoms with Gasteiger partial charge in [0.25, 0.3) is 0 Å². The Kier molecular flexibility index (Phi) is 7.00. The second-order valence-corrected chi connectivity index (χ2v) is 6.76. The second kappa shape index (κ2) is 10.1. The third-order valence-electron chi connectivity index (χ3n) is 4.53. The number of anilines is 2. The lowest BCUT2D eigenvalue weighted by molar-refractivity contribution is -0.116. The van der Waals surface area contributed by atoms with Crippen LogP contribution in [0, 0.1) is 0 Å². The molecule has 0 aliphatic rings. The average molecular weight is 400 g/mol. The van der Waals surface area contributed by atoms with Crippen molar-refractivity contribution >= 4 is 29.3 Å². The molecule has 0 atom stereocenters. The molecule has 0 aliphatic carbocycles. The smallest absolute Gasteiger partial charge is 0.248 e. The standard InChI is InChI=1S/C25H24N2O3/c1-19(28)27(2)24-14-7-6-13-23(24)26-25(29)16-15-20-11-8-12-22(17-20)30-18-21-9-4-3-5-10-21/h3-17H,18H2,1-2H3,(H,26,29)/b16-15+.